The van der Waals surface area contributed by atoms with Crippen LogP contribution >= 0.6 is 0 Å². The predicted octanol–water partition coefficient (Wildman–Crippen LogP) is 1.55. The molecule has 4 heteroatoms. The van der Waals surface area contributed by atoms with Gasteiger partial charge in [0, 0.05) is 23.5 Å². The Morgan fingerprint density at radius 2 is 2.29 bits per heavy atom. The molecule has 1 amide bonds. The third kappa shape index (κ3) is 2.31. The van der Waals surface area contributed by atoms with Gasteiger partial charge in [0.1, 0.15) is 5.69 Å². The zero-order valence-corrected chi connectivity index (χ0v) is 10.1. The molecule has 1 aromatic carbocycles. The highest BCUT2D eigenvalue weighted by molar-refractivity contribution is 5.98. The Balaban J connectivity index is 2.30. The highest BCUT2D eigenvalue weighted by atomic mass is 16.1. The summed E-state index contributed by atoms with van der Waals surface area (Å²) in [5.74, 6) is -0.112. The minimum absolute atomic E-state index is 0.0185. The first kappa shape index (κ1) is 11.7. The van der Waals surface area contributed by atoms with Crippen LogP contribution in [-0.4, -0.2) is 23.5 Å². The highest BCUT2D eigenvalue weighted by Crippen LogP contribution is 2.18. The number of rotatable bonds is 3. The summed E-state index contributed by atoms with van der Waals surface area (Å²) in [7, 11) is 0. The molecule has 0 radical (unpaired) electrons. The van der Waals surface area contributed by atoms with Crippen LogP contribution in [0.2, 0.25) is 0 Å². The fourth-order valence-corrected chi connectivity index (χ4v) is 1.79. The van der Waals surface area contributed by atoms with Crippen molar-refractivity contribution in [1.82, 2.24) is 10.3 Å². The summed E-state index contributed by atoms with van der Waals surface area (Å²) < 4.78 is 0. The van der Waals surface area contributed by atoms with E-state index in [9.17, 15) is 4.79 Å². The van der Waals surface area contributed by atoms with E-state index in [1.807, 2.05) is 38.1 Å². The standard InChI is InChI=1S/C13H17N3O/c1-8-4-3-5-10-6-11(16-12(8)10)13(17)15-9(2)7-14/h3-6,9,16H,7,14H2,1-2H3,(H,15,17). The maximum atomic E-state index is 11.9. The number of hydrogen-bond acceptors (Lipinski definition) is 2. The average Bonchev–Trinajstić information content (AvgIpc) is 2.74. The average molecular weight is 231 g/mol. The van der Waals surface area contributed by atoms with Crippen LogP contribution in [0.25, 0.3) is 10.9 Å². The molecule has 1 heterocycles. The van der Waals surface area contributed by atoms with Crippen molar-refractivity contribution >= 4 is 16.8 Å². The molecule has 0 spiro atoms. The van der Waals surface area contributed by atoms with Gasteiger partial charge in [0.15, 0.2) is 0 Å². The van der Waals surface area contributed by atoms with Gasteiger partial charge >= 0.3 is 0 Å². The first-order valence-corrected chi connectivity index (χ1v) is 5.71. The second kappa shape index (κ2) is 4.59. The number of carbonyl (C=O) groups is 1. The Labute approximate surface area is 100 Å². The van der Waals surface area contributed by atoms with Gasteiger partial charge in [0.05, 0.1) is 0 Å². The fraction of sp³-hybridized carbons (Fsp3) is 0.308. The third-order valence-electron chi connectivity index (χ3n) is 2.84. The molecule has 0 aliphatic rings. The van der Waals surface area contributed by atoms with Crippen LogP contribution in [0.15, 0.2) is 24.3 Å². The molecule has 4 N–H and O–H groups in total. The normalized spacial score (nSPS) is 12.6. The van der Waals surface area contributed by atoms with Crippen LogP contribution in [0.1, 0.15) is 23.0 Å². The quantitative estimate of drug-likeness (QED) is 0.750. The van der Waals surface area contributed by atoms with Crippen LogP contribution in [0.3, 0.4) is 0 Å². The lowest BCUT2D eigenvalue weighted by molar-refractivity contribution is 0.0937. The van der Waals surface area contributed by atoms with E-state index in [-0.39, 0.29) is 11.9 Å². The van der Waals surface area contributed by atoms with E-state index in [0.29, 0.717) is 12.2 Å². The van der Waals surface area contributed by atoms with Crippen molar-refractivity contribution in [3.05, 3.63) is 35.5 Å². The maximum absolute atomic E-state index is 11.9. The number of fused-ring (bicyclic) bond motifs is 1. The smallest absolute Gasteiger partial charge is 0.267 e. The molecular formula is C13H17N3O. The number of nitrogens with one attached hydrogen (secondary N) is 2. The van der Waals surface area contributed by atoms with Crippen molar-refractivity contribution < 1.29 is 4.79 Å². The lowest BCUT2D eigenvalue weighted by Crippen LogP contribution is -2.37. The summed E-state index contributed by atoms with van der Waals surface area (Å²) in [5, 5.41) is 3.88. The Hall–Kier alpha value is -1.81. The second-order valence-corrected chi connectivity index (χ2v) is 4.33. The number of H-pyrrole nitrogens is 1. The van der Waals surface area contributed by atoms with Gasteiger partial charge in [-0.25, -0.2) is 0 Å². The van der Waals surface area contributed by atoms with Gasteiger partial charge in [-0.1, -0.05) is 18.2 Å². The van der Waals surface area contributed by atoms with E-state index in [1.54, 1.807) is 0 Å². The van der Waals surface area contributed by atoms with E-state index >= 15 is 0 Å². The first-order valence-electron chi connectivity index (χ1n) is 5.71. The van der Waals surface area contributed by atoms with Gasteiger partial charge in [-0.3, -0.25) is 4.79 Å². The van der Waals surface area contributed by atoms with Crippen LogP contribution < -0.4 is 11.1 Å². The molecule has 1 aromatic heterocycles. The minimum atomic E-state index is -0.112. The Morgan fingerprint density at radius 3 is 2.94 bits per heavy atom. The van der Waals surface area contributed by atoms with E-state index in [0.717, 1.165) is 16.5 Å². The largest absolute Gasteiger partial charge is 0.350 e. The van der Waals surface area contributed by atoms with Crippen molar-refractivity contribution in [3.63, 3.8) is 0 Å². The van der Waals surface area contributed by atoms with E-state index < -0.39 is 0 Å². The number of hydrogen-bond donors (Lipinski definition) is 3. The Morgan fingerprint density at radius 1 is 1.53 bits per heavy atom. The number of nitrogens with two attached hydrogens (primary N) is 1. The van der Waals surface area contributed by atoms with E-state index in [2.05, 4.69) is 10.3 Å². The van der Waals surface area contributed by atoms with Gasteiger partial charge in [0.25, 0.3) is 5.91 Å². The Kier molecular flexibility index (Phi) is 3.15. The van der Waals surface area contributed by atoms with E-state index in [4.69, 9.17) is 5.73 Å². The van der Waals surface area contributed by atoms with Crippen LogP contribution in [0.5, 0.6) is 0 Å². The Bertz CT molecular complexity index is 545. The molecule has 17 heavy (non-hydrogen) atoms. The van der Waals surface area contributed by atoms with Crippen LogP contribution in [0.4, 0.5) is 0 Å². The zero-order valence-electron chi connectivity index (χ0n) is 10.1. The number of aryl methyl sites for hydroxylation is 1. The predicted molar refractivity (Wildman–Crippen MR) is 69.0 cm³/mol. The van der Waals surface area contributed by atoms with Crippen molar-refractivity contribution in [3.8, 4) is 0 Å². The molecule has 0 aliphatic heterocycles. The van der Waals surface area contributed by atoms with Crippen molar-refractivity contribution in [2.45, 2.75) is 19.9 Å². The number of aromatic amines is 1. The number of para-hydroxylation sites is 1. The van der Waals surface area contributed by atoms with Crippen molar-refractivity contribution in [2.24, 2.45) is 5.73 Å². The molecule has 90 valence electrons. The summed E-state index contributed by atoms with van der Waals surface area (Å²) in [5.41, 5.74) is 8.20. The van der Waals surface area contributed by atoms with E-state index in [1.165, 1.54) is 0 Å². The van der Waals surface area contributed by atoms with Gasteiger partial charge < -0.3 is 16.0 Å². The molecule has 0 fully saturated rings. The minimum Gasteiger partial charge on any atom is -0.350 e. The molecule has 2 rings (SSSR count). The highest BCUT2D eigenvalue weighted by Gasteiger charge is 2.11. The third-order valence-corrected chi connectivity index (χ3v) is 2.84. The SMILES string of the molecule is Cc1cccc2cc(C(=O)NC(C)CN)[nH]c12. The summed E-state index contributed by atoms with van der Waals surface area (Å²) >= 11 is 0. The number of amides is 1. The van der Waals surface area contributed by atoms with Gasteiger partial charge in [-0.2, -0.15) is 0 Å². The molecule has 2 aromatic rings. The monoisotopic (exact) mass is 231 g/mol. The zero-order chi connectivity index (χ0) is 12.4. The number of benzene rings is 1. The van der Waals surface area contributed by atoms with Crippen molar-refractivity contribution in [2.75, 3.05) is 6.54 Å². The maximum Gasteiger partial charge on any atom is 0.267 e. The summed E-state index contributed by atoms with van der Waals surface area (Å²) in [4.78, 5) is 15.0. The number of carbonyl (C=O) groups excluding carboxylic acids is 1. The first-order chi connectivity index (χ1) is 8.11. The van der Waals surface area contributed by atoms with Gasteiger partial charge in [-0.15, -0.1) is 0 Å². The lowest BCUT2D eigenvalue weighted by Gasteiger charge is -2.09. The summed E-state index contributed by atoms with van der Waals surface area (Å²) in [6, 6.07) is 7.83. The van der Waals surface area contributed by atoms with Gasteiger partial charge in [0.2, 0.25) is 0 Å². The van der Waals surface area contributed by atoms with Crippen LogP contribution in [0, 0.1) is 6.92 Å². The van der Waals surface area contributed by atoms with Crippen LogP contribution in [-0.2, 0) is 0 Å². The number of aromatic nitrogens is 1. The topological polar surface area (TPSA) is 70.9 Å². The second-order valence-electron chi connectivity index (χ2n) is 4.33. The molecule has 1 atom stereocenters. The molecule has 4 nitrogen and oxygen atoms in total. The molecule has 0 bridgehead atoms. The molecule has 1 unspecified atom stereocenters. The molecule has 0 saturated heterocycles. The van der Waals surface area contributed by atoms with Crippen molar-refractivity contribution in [1.29, 1.82) is 0 Å². The molecular weight excluding hydrogens is 214 g/mol. The van der Waals surface area contributed by atoms with Gasteiger partial charge in [-0.05, 0) is 25.5 Å². The molecule has 0 aliphatic carbocycles. The summed E-state index contributed by atoms with van der Waals surface area (Å²) in [6.45, 7) is 4.33. The lowest BCUT2D eigenvalue weighted by atomic mass is 10.2. The summed E-state index contributed by atoms with van der Waals surface area (Å²) in [6.07, 6.45) is 0. The molecule has 0 saturated carbocycles. The fourth-order valence-electron chi connectivity index (χ4n) is 1.79.